The van der Waals surface area contributed by atoms with Gasteiger partial charge in [-0.05, 0) is 30.5 Å². The molecule has 0 saturated heterocycles. The second-order valence-electron chi connectivity index (χ2n) is 3.87. The van der Waals surface area contributed by atoms with Gasteiger partial charge in [0.25, 0.3) is 5.89 Å². The molecule has 3 aromatic rings. The van der Waals surface area contributed by atoms with E-state index in [1.807, 2.05) is 42.7 Å². The van der Waals surface area contributed by atoms with Crippen molar-refractivity contribution in [3.63, 3.8) is 0 Å². The van der Waals surface area contributed by atoms with Crippen LogP contribution in [0.15, 0.2) is 58.2 Å². The van der Waals surface area contributed by atoms with Crippen molar-refractivity contribution in [1.29, 1.82) is 0 Å². The first-order chi connectivity index (χ1) is 9.38. The standard InChI is InChI=1S/C14H11N3OS/c1-19-12-7-3-2-6-11(12)14-16-13(17-18-14)10-5-4-8-15-9-10/h2-9H,1H3. The third-order valence-corrected chi connectivity index (χ3v) is 3.48. The first-order valence-electron chi connectivity index (χ1n) is 5.76. The molecule has 1 aromatic carbocycles. The Morgan fingerprint density at radius 2 is 2.00 bits per heavy atom. The molecule has 0 radical (unpaired) electrons. The first-order valence-corrected chi connectivity index (χ1v) is 6.98. The third-order valence-electron chi connectivity index (χ3n) is 2.68. The fourth-order valence-corrected chi connectivity index (χ4v) is 2.36. The Morgan fingerprint density at radius 3 is 2.79 bits per heavy atom. The van der Waals surface area contributed by atoms with E-state index in [0.717, 1.165) is 16.0 Å². The van der Waals surface area contributed by atoms with Crippen molar-refractivity contribution < 1.29 is 4.52 Å². The number of benzene rings is 1. The smallest absolute Gasteiger partial charge is 0.259 e. The molecule has 5 heteroatoms. The van der Waals surface area contributed by atoms with E-state index in [0.29, 0.717) is 11.7 Å². The fraction of sp³-hybridized carbons (Fsp3) is 0.0714. The molecule has 0 atom stereocenters. The molecule has 94 valence electrons. The molecular formula is C14H11N3OS. The van der Waals surface area contributed by atoms with Gasteiger partial charge in [-0.2, -0.15) is 4.98 Å². The van der Waals surface area contributed by atoms with Gasteiger partial charge in [0.2, 0.25) is 5.82 Å². The summed E-state index contributed by atoms with van der Waals surface area (Å²) in [4.78, 5) is 9.59. The van der Waals surface area contributed by atoms with E-state index in [1.54, 1.807) is 24.2 Å². The number of rotatable bonds is 3. The second kappa shape index (κ2) is 5.24. The van der Waals surface area contributed by atoms with Crippen molar-refractivity contribution in [2.45, 2.75) is 4.90 Å². The topological polar surface area (TPSA) is 51.8 Å². The minimum atomic E-state index is 0.531. The molecule has 4 nitrogen and oxygen atoms in total. The van der Waals surface area contributed by atoms with Crippen molar-refractivity contribution >= 4 is 11.8 Å². The maximum atomic E-state index is 5.35. The van der Waals surface area contributed by atoms with Gasteiger partial charge in [0.1, 0.15) is 0 Å². The second-order valence-corrected chi connectivity index (χ2v) is 4.71. The zero-order valence-electron chi connectivity index (χ0n) is 10.3. The Kier molecular flexibility index (Phi) is 3.29. The lowest BCUT2D eigenvalue weighted by molar-refractivity contribution is 0.431. The van der Waals surface area contributed by atoms with Gasteiger partial charge in [0.15, 0.2) is 0 Å². The molecule has 19 heavy (non-hydrogen) atoms. The lowest BCUT2D eigenvalue weighted by Crippen LogP contribution is -1.83. The maximum absolute atomic E-state index is 5.35. The number of nitrogens with zero attached hydrogens (tertiary/aromatic N) is 3. The predicted octanol–water partition coefficient (Wildman–Crippen LogP) is 3.52. The minimum Gasteiger partial charge on any atom is -0.334 e. The van der Waals surface area contributed by atoms with Crippen LogP contribution in [0.1, 0.15) is 0 Å². The van der Waals surface area contributed by atoms with E-state index >= 15 is 0 Å². The SMILES string of the molecule is CSc1ccccc1-c1nc(-c2cccnc2)no1. The molecule has 0 unspecified atom stereocenters. The quantitative estimate of drug-likeness (QED) is 0.681. The molecule has 0 aliphatic carbocycles. The molecule has 0 fully saturated rings. The van der Waals surface area contributed by atoms with E-state index in [2.05, 4.69) is 15.1 Å². The Hall–Kier alpha value is -2.14. The predicted molar refractivity (Wildman–Crippen MR) is 74.7 cm³/mol. The monoisotopic (exact) mass is 269 g/mol. The van der Waals surface area contributed by atoms with Crippen LogP contribution in [-0.4, -0.2) is 21.4 Å². The van der Waals surface area contributed by atoms with Gasteiger partial charge in [-0.1, -0.05) is 17.3 Å². The van der Waals surface area contributed by atoms with Gasteiger partial charge < -0.3 is 4.52 Å². The van der Waals surface area contributed by atoms with E-state index in [9.17, 15) is 0 Å². The number of hydrogen-bond acceptors (Lipinski definition) is 5. The first kappa shape index (κ1) is 11.9. The van der Waals surface area contributed by atoms with Gasteiger partial charge in [-0.15, -0.1) is 11.8 Å². The van der Waals surface area contributed by atoms with Crippen LogP contribution >= 0.6 is 11.8 Å². The molecule has 0 saturated carbocycles. The summed E-state index contributed by atoms with van der Waals surface area (Å²) in [6, 6.07) is 11.7. The lowest BCUT2D eigenvalue weighted by Gasteiger charge is -2.00. The number of pyridine rings is 1. The zero-order valence-corrected chi connectivity index (χ0v) is 11.1. The normalized spacial score (nSPS) is 10.6. The van der Waals surface area contributed by atoms with Crippen LogP contribution in [0.5, 0.6) is 0 Å². The third kappa shape index (κ3) is 2.37. The Bertz CT molecular complexity index is 682. The van der Waals surface area contributed by atoms with Crippen molar-refractivity contribution in [2.75, 3.05) is 6.26 Å². The van der Waals surface area contributed by atoms with Crippen molar-refractivity contribution in [3.05, 3.63) is 48.8 Å². The van der Waals surface area contributed by atoms with E-state index < -0.39 is 0 Å². The van der Waals surface area contributed by atoms with Crippen LogP contribution in [0.4, 0.5) is 0 Å². The Balaban J connectivity index is 2.02. The van der Waals surface area contributed by atoms with Crippen molar-refractivity contribution in [3.8, 4) is 22.8 Å². The largest absolute Gasteiger partial charge is 0.334 e. The van der Waals surface area contributed by atoms with Crippen LogP contribution in [-0.2, 0) is 0 Å². The number of hydrogen-bond donors (Lipinski definition) is 0. The summed E-state index contributed by atoms with van der Waals surface area (Å²) in [5.74, 6) is 1.09. The van der Waals surface area contributed by atoms with Crippen LogP contribution in [0, 0.1) is 0 Å². The number of thioether (sulfide) groups is 1. The van der Waals surface area contributed by atoms with Gasteiger partial charge in [-0.25, -0.2) is 0 Å². The Morgan fingerprint density at radius 1 is 1.11 bits per heavy atom. The molecule has 0 aliphatic heterocycles. The molecule has 0 bridgehead atoms. The lowest BCUT2D eigenvalue weighted by atomic mass is 10.2. The highest BCUT2D eigenvalue weighted by atomic mass is 32.2. The highest BCUT2D eigenvalue weighted by Crippen LogP contribution is 2.29. The average Bonchev–Trinajstić information content (AvgIpc) is 2.98. The summed E-state index contributed by atoms with van der Waals surface area (Å²) < 4.78 is 5.35. The molecule has 0 aliphatic rings. The van der Waals surface area contributed by atoms with Crippen LogP contribution in [0.3, 0.4) is 0 Å². The van der Waals surface area contributed by atoms with Gasteiger partial charge in [0.05, 0.1) is 5.56 Å². The zero-order chi connectivity index (χ0) is 13.1. The van der Waals surface area contributed by atoms with Crippen molar-refractivity contribution in [2.24, 2.45) is 0 Å². The molecule has 0 spiro atoms. The maximum Gasteiger partial charge on any atom is 0.259 e. The Labute approximate surface area is 114 Å². The summed E-state index contributed by atoms with van der Waals surface area (Å²) in [6.45, 7) is 0. The van der Waals surface area contributed by atoms with Gasteiger partial charge in [0, 0.05) is 22.9 Å². The van der Waals surface area contributed by atoms with Crippen LogP contribution in [0.25, 0.3) is 22.8 Å². The number of aromatic nitrogens is 3. The fourth-order valence-electron chi connectivity index (χ4n) is 1.77. The van der Waals surface area contributed by atoms with E-state index in [1.165, 1.54) is 0 Å². The summed E-state index contributed by atoms with van der Waals surface area (Å²) in [5, 5.41) is 4.00. The summed E-state index contributed by atoms with van der Waals surface area (Å²) in [6.07, 6.45) is 5.46. The molecule has 3 rings (SSSR count). The highest BCUT2D eigenvalue weighted by Gasteiger charge is 2.13. The molecule has 2 heterocycles. The summed E-state index contributed by atoms with van der Waals surface area (Å²) in [7, 11) is 0. The summed E-state index contributed by atoms with van der Waals surface area (Å²) in [5.41, 5.74) is 1.80. The molecule has 2 aromatic heterocycles. The molecule has 0 amide bonds. The average molecular weight is 269 g/mol. The van der Waals surface area contributed by atoms with E-state index in [-0.39, 0.29) is 0 Å². The van der Waals surface area contributed by atoms with Crippen molar-refractivity contribution in [1.82, 2.24) is 15.1 Å². The van der Waals surface area contributed by atoms with Crippen LogP contribution in [0.2, 0.25) is 0 Å². The van der Waals surface area contributed by atoms with Gasteiger partial charge in [-0.3, -0.25) is 4.98 Å². The van der Waals surface area contributed by atoms with Gasteiger partial charge >= 0.3 is 0 Å². The van der Waals surface area contributed by atoms with Crippen LogP contribution < -0.4 is 0 Å². The minimum absolute atomic E-state index is 0.531. The van der Waals surface area contributed by atoms with E-state index in [4.69, 9.17) is 4.52 Å². The molecular weight excluding hydrogens is 258 g/mol. The highest BCUT2D eigenvalue weighted by molar-refractivity contribution is 7.98. The summed E-state index contributed by atoms with van der Waals surface area (Å²) >= 11 is 1.66. The molecule has 0 N–H and O–H groups in total.